The monoisotopic (exact) mass is 694 g/mol. The van der Waals surface area contributed by atoms with Crippen molar-refractivity contribution in [3.63, 3.8) is 0 Å². The fourth-order valence-corrected chi connectivity index (χ4v) is 6.33. The summed E-state index contributed by atoms with van der Waals surface area (Å²) in [5.41, 5.74) is 7.86. The number of ether oxygens (including phenoxy) is 7. The van der Waals surface area contributed by atoms with Crippen molar-refractivity contribution < 1.29 is 47.9 Å². The molecule has 1 unspecified atom stereocenters. The minimum Gasteiger partial charge on any atom is -0.493 e. The number of nitrogens with two attached hydrogens (primary N) is 1. The molecule has 3 aromatic rings. The lowest BCUT2D eigenvalue weighted by Crippen LogP contribution is -2.50. The molecule has 12 heteroatoms. The average Bonchev–Trinajstić information content (AvgIpc) is 3.15. The van der Waals surface area contributed by atoms with E-state index in [0.717, 1.165) is 18.4 Å². The molecule has 3 N–H and O–H groups in total. The number of rotatable bonds is 17. The normalized spacial score (nSPS) is 16.1. The summed E-state index contributed by atoms with van der Waals surface area (Å²) < 4.78 is 39.4. The zero-order valence-electron chi connectivity index (χ0n) is 29.8. The van der Waals surface area contributed by atoms with Crippen LogP contribution >= 0.6 is 0 Å². The molecule has 1 amide bonds. The first kappa shape index (κ1) is 38.1. The Kier molecular flexibility index (Phi) is 14.0. The average molecular weight is 695 g/mol. The molecule has 3 aromatic carbocycles. The number of carbonyl (C=O) groups is 2. The maximum atomic E-state index is 14.3. The first-order valence-electron chi connectivity index (χ1n) is 16.9. The Morgan fingerprint density at radius 3 is 2.18 bits per heavy atom. The molecule has 272 valence electrons. The Labute approximate surface area is 294 Å². The van der Waals surface area contributed by atoms with Crippen LogP contribution in [0.5, 0.6) is 34.5 Å². The number of nitrogens with zero attached hydrogens (tertiary/aromatic N) is 1. The summed E-state index contributed by atoms with van der Waals surface area (Å²) in [4.78, 5) is 30.1. The molecule has 1 heterocycles. The van der Waals surface area contributed by atoms with E-state index in [-0.39, 0.29) is 12.5 Å². The summed E-state index contributed by atoms with van der Waals surface area (Å²) in [5.74, 6) is 1.84. The van der Waals surface area contributed by atoms with Crippen molar-refractivity contribution in [1.29, 1.82) is 0 Å². The highest BCUT2D eigenvalue weighted by Crippen LogP contribution is 2.41. The molecule has 4 atom stereocenters. The summed E-state index contributed by atoms with van der Waals surface area (Å²) in [6.45, 7) is 2.27. The molecule has 50 heavy (non-hydrogen) atoms. The van der Waals surface area contributed by atoms with Crippen molar-refractivity contribution in [1.82, 2.24) is 4.90 Å². The molecule has 0 aromatic heterocycles. The van der Waals surface area contributed by atoms with Crippen molar-refractivity contribution in [2.45, 2.75) is 69.7 Å². The van der Waals surface area contributed by atoms with E-state index in [9.17, 15) is 14.7 Å². The topological polar surface area (TPSA) is 148 Å². The second kappa shape index (κ2) is 18.4. The Morgan fingerprint density at radius 2 is 1.56 bits per heavy atom. The first-order valence-corrected chi connectivity index (χ1v) is 16.9. The number of aliphatic hydroxyl groups is 1. The predicted molar refractivity (Wildman–Crippen MR) is 187 cm³/mol. The standard InChI is InChI=1S/C38H50N2O10/c1-7-28(26-21-33(46-4)36(48-6)34(22-26)47-5)37(42)40-18-9-8-13-29(40)38(43)50-30(25-11-10-12-27(20-25)49-23-35(39)41)16-14-24-15-17-31(44-2)32(19-24)45-3/h10-12,15,17,19-22,28-30,35,41H,7-9,13-14,16,18,23,39H2,1-6H3/t28-,29-,30+,35?/m0/s1. The first-order chi connectivity index (χ1) is 24.2. The summed E-state index contributed by atoms with van der Waals surface area (Å²) in [7, 11) is 7.76. The lowest BCUT2D eigenvalue weighted by atomic mass is 9.91. The molecule has 12 nitrogen and oxygen atoms in total. The van der Waals surface area contributed by atoms with E-state index in [1.165, 1.54) is 21.3 Å². The van der Waals surface area contributed by atoms with Crippen LogP contribution in [-0.2, 0) is 20.7 Å². The van der Waals surface area contributed by atoms with E-state index in [0.29, 0.717) is 77.9 Å². The Balaban J connectivity index is 1.61. The Morgan fingerprint density at radius 1 is 0.860 bits per heavy atom. The molecule has 0 radical (unpaired) electrons. The van der Waals surface area contributed by atoms with E-state index in [4.69, 9.17) is 38.9 Å². The minimum atomic E-state index is -1.14. The maximum absolute atomic E-state index is 14.3. The number of esters is 1. The third-order valence-corrected chi connectivity index (χ3v) is 8.91. The summed E-state index contributed by atoms with van der Waals surface area (Å²) in [5, 5.41) is 9.53. The summed E-state index contributed by atoms with van der Waals surface area (Å²) in [6.07, 6.45) is 1.72. The van der Waals surface area contributed by atoms with Gasteiger partial charge in [0, 0.05) is 6.54 Å². The molecule has 1 aliphatic heterocycles. The maximum Gasteiger partial charge on any atom is 0.329 e. The van der Waals surface area contributed by atoms with Gasteiger partial charge in [-0.3, -0.25) is 4.79 Å². The van der Waals surface area contributed by atoms with Crippen LogP contribution < -0.4 is 34.2 Å². The quantitative estimate of drug-likeness (QED) is 0.142. The van der Waals surface area contributed by atoms with E-state index in [1.54, 1.807) is 49.5 Å². The van der Waals surface area contributed by atoms with Crippen LogP contribution in [0.1, 0.15) is 67.7 Å². The molecule has 0 saturated carbocycles. The molecule has 0 spiro atoms. The minimum absolute atomic E-state index is 0.0940. The van der Waals surface area contributed by atoms with Gasteiger partial charge in [0.2, 0.25) is 11.7 Å². The van der Waals surface area contributed by atoms with Crippen LogP contribution in [0.25, 0.3) is 0 Å². The molecule has 0 bridgehead atoms. The Hall–Kier alpha value is -4.68. The van der Waals surface area contributed by atoms with Crippen LogP contribution in [-0.4, -0.2) is 82.9 Å². The van der Waals surface area contributed by atoms with Gasteiger partial charge in [0.1, 0.15) is 30.7 Å². The van der Waals surface area contributed by atoms with E-state index < -0.39 is 30.3 Å². The largest absolute Gasteiger partial charge is 0.493 e. The van der Waals surface area contributed by atoms with Gasteiger partial charge in [0.25, 0.3) is 0 Å². The number of benzene rings is 3. The highest BCUT2D eigenvalue weighted by molar-refractivity contribution is 5.89. The summed E-state index contributed by atoms with van der Waals surface area (Å²) >= 11 is 0. The number of piperidine rings is 1. The number of amides is 1. The third-order valence-electron chi connectivity index (χ3n) is 8.91. The number of aryl methyl sites for hydroxylation is 1. The molecular formula is C38H50N2O10. The number of methoxy groups -OCH3 is 5. The van der Waals surface area contributed by atoms with Gasteiger partial charge in [-0.15, -0.1) is 0 Å². The smallest absolute Gasteiger partial charge is 0.329 e. The number of aliphatic hydroxyl groups excluding tert-OH is 1. The van der Waals surface area contributed by atoms with Crippen molar-refractivity contribution >= 4 is 11.9 Å². The van der Waals surface area contributed by atoms with Gasteiger partial charge < -0.3 is 48.9 Å². The zero-order chi connectivity index (χ0) is 36.2. The van der Waals surface area contributed by atoms with Gasteiger partial charge in [0.05, 0.1) is 41.5 Å². The molecule has 4 rings (SSSR count). The molecule has 1 saturated heterocycles. The van der Waals surface area contributed by atoms with Gasteiger partial charge in [0.15, 0.2) is 23.0 Å². The highest BCUT2D eigenvalue weighted by Gasteiger charge is 2.38. The predicted octanol–water partition coefficient (Wildman–Crippen LogP) is 5.18. The van der Waals surface area contributed by atoms with Gasteiger partial charge in [-0.25, -0.2) is 4.79 Å². The second-order valence-corrected chi connectivity index (χ2v) is 12.1. The van der Waals surface area contributed by atoms with Crippen molar-refractivity contribution in [3.8, 4) is 34.5 Å². The van der Waals surface area contributed by atoms with Crippen LogP contribution in [0.4, 0.5) is 0 Å². The molecule has 0 aliphatic carbocycles. The number of likely N-dealkylation sites (tertiary alicyclic amines) is 1. The molecule has 1 aliphatic rings. The van der Waals surface area contributed by atoms with Gasteiger partial charge in [-0.1, -0.05) is 25.1 Å². The molecular weight excluding hydrogens is 644 g/mol. The molecule has 1 fully saturated rings. The summed E-state index contributed by atoms with van der Waals surface area (Å²) in [6, 6.07) is 15.7. The van der Waals surface area contributed by atoms with Crippen molar-refractivity contribution in [2.75, 3.05) is 48.7 Å². The lowest BCUT2D eigenvalue weighted by molar-refractivity contribution is -0.162. The second-order valence-electron chi connectivity index (χ2n) is 12.1. The lowest BCUT2D eigenvalue weighted by Gasteiger charge is -2.37. The van der Waals surface area contributed by atoms with Crippen molar-refractivity contribution in [3.05, 3.63) is 71.3 Å². The number of carbonyl (C=O) groups excluding carboxylic acids is 2. The number of hydrogen-bond acceptors (Lipinski definition) is 11. The van der Waals surface area contributed by atoms with Crippen LogP contribution in [0.3, 0.4) is 0 Å². The van der Waals surface area contributed by atoms with Gasteiger partial charge in [-0.05, 0) is 91.6 Å². The fourth-order valence-electron chi connectivity index (χ4n) is 6.33. The van der Waals surface area contributed by atoms with Crippen LogP contribution in [0, 0.1) is 0 Å². The van der Waals surface area contributed by atoms with Crippen LogP contribution in [0.2, 0.25) is 0 Å². The van der Waals surface area contributed by atoms with Gasteiger partial charge >= 0.3 is 5.97 Å². The Bertz CT molecular complexity index is 1550. The van der Waals surface area contributed by atoms with E-state index >= 15 is 0 Å². The van der Waals surface area contributed by atoms with Gasteiger partial charge in [-0.2, -0.15) is 0 Å². The number of hydrogen-bond donors (Lipinski definition) is 2. The third kappa shape index (κ3) is 9.30. The van der Waals surface area contributed by atoms with Crippen LogP contribution in [0.15, 0.2) is 54.6 Å². The van der Waals surface area contributed by atoms with E-state index in [2.05, 4.69) is 0 Å². The van der Waals surface area contributed by atoms with Crippen molar-refractivity contribution in [2.24, 2.45) is 5.73 Å². The highest BCUT2D eigenvalue weighted by atomic mass is 16.5. The van der Waals surface area contributed by atoms with E-state index in [1.807, 2.05) is 31.2 Å². The zero-order valence-corrected chi connectivity index (χ0v) is 29.8. The fraction of sp³-hybridized carbons (Fsp3) is 0.474. The SMILES string of the molecule is CC[C@H](C(=O)N1CCCC[C@H]1C(=O)O[C@H](CCc1ccc(OC)c(OC)c1)c1cccc(OCC(N)O)c1)c1cc(OC)c(OC)c(OC)c1.